The number of rotatable bonds is 2. The first kappa shape index (κ1) is 12.2. The second kappa shape index (κ2) is 4.21. The molecule has 0 aliphatic rings. The van der Waals surface area contributed by atoms with Gasteiger partial charge in [-0.1, -0.05) is 11.3 Å². The minimum Gasteiger partial charge on any atom is -0.282 e. The molecule has 1 heterocycles. The van der Waals surface area contributed by atoms with E-state index < -0.39 is 23.5 Å². The summed E-state index contributed by atoms with van der Waals surface area (Å²) in [5.74, 6) is -2.67. The van der Waals surface area contributed by atoms with Crippen molar-refractivity contribution in [3.8, 4) is 5.69 Å². The van der Waals surface area contributed by atoms with E-state index in [2.05, 4.69) is 10.3 Å². The molecular formula is C10H5F4N3O. The van der Waals surface area contributed by atoms with Crippen LogP contribution in [-0.4, -0.2) is 27.0 Å². The first-order valence-electron chi connectivity index (χ1n) is 4.68. The number of Topliss-reactive ketones (excluding diaryl/α,β-unsaturated/α-hetero) is 1. The number of ketones is 1. The third-order valence-electron chi connectivity index (χ3n) is 2.06. The lowest BCUT2D eigenvalue weighted by Gasteiger charge is -2.00. The Labute approximate surface area is 97.8 Å². The minimum atomic E-state index is -5.01. The van der Waals surface area contributed by atoms with Gasteiger partial charge in [0.05, 0.1) is 11.9 Å². The minimum absolute atomic E-state index is 0.170. The topological polar surface area (TPSA) is 47.8 Å². The zero-order valence-corrected chi connectivity index (χ0v) is 8.65. The molecular weight excluding hydrogens is 254 g/mol. The third-order valence-corrected chi connectivity index (χ3v) is 2.06. The lowest BCUT2D eigenvalue weighted by Crippen LogP contribution is -2.23. The maximum Gasteiger partial charge on any atom is 0.456 e. The van der Waals surface area contributed by atoms with Crippen LogP contribution in [0.2, 0.25) is 0 Å². The number of nitrogens with zero attached hydrogens (tertiary/aromatic N) is 3. The Morgan fingerprint density at radius 3 is 2.61 bits per heavy atom. The highest BCUT2D eigenvalue weighted by molar-refractivity contribution is 5.98. The zero-order chi connectivity index (χ0) is 13.3. The van der Waals surface area contributed by atoms with Crippen LogP contribution in [0.5, 0.6) is 0 Å². The number of carbonyl (C=O) groups is 1. The van der Waals surface area contributed by atoms with E-state index in [0.29, 0.717) is 0 Å². The predicted molar refractivity (Wildman–Crippen MR) is 51.7 cm³/mol. The fourth-order valence-electron chi connectivity index (χ4n) is 1.26. The maximum absolute atomic E-state index is 12.9. The summed E-state index contributed by atoms with van der Waals surface area (Å²) in [6, 6.07) is 5.00. The molecule has 0 fully saturated rings. The molecule has 0 aliphatic carbocycles. The Morgan fingerprint density at radius 2 is 2.00 bits per heavy atom. The van der Waals surface area contributed by atoms with Crippen molar-refractivity contribution in [3.05, 3.63) is 42.0 Å². The Morgan fingerprint density at radius 1 is 1.28 bits per heavy atom. The summed E-state index contributed by atoms with van der Waals surface area (Å²) in [5, 5.41) is 6.45. The van der Waals surface area contributed by atoms with Crippen molar-refractivity contribution in [1.82, 2.24) is 15.0 Å². The molecule has 0 bridgehead atoms. The number of alkyl halides is 3. The average molecular weight is 259 g/mol. The van der Waals surface area contributed by atoms with Crippen LogP contribution >= 0.6 is 0 Å². The highest BCUT2D eigenvalue weighted by Crippen LogP contribution is 2.20. The summed E-state index contributed by atoms with van der Waals surface area (Å²) in [6.45, 7) is 0. The molecule has 0 radical (unpaired) electrons. The van der Waals surface area contributed by atoms with E-state index >= 15 is 0 Å². The number of hydrogen-bond donors (Lipinski definition) is 0. The molecule has 4 nitrogen and oxygen atoms in total. The molecule has 0 unspecified atom stereocenters. The fourth-order valence-corrected chi connectivity index (χ4v) is 1.26. The summed E-state index contributed by atoms with van der Waals surface area (Å²) < 4.78 is 50.2. The van der Waals surface area contributed by atoms with E-state index in [1.165, 1.54) is 18.2 Å². The second-order valence-electron chi connectivity index (χ2n) is 3.36. The molecule has 0 spiro atoms. The van der Waals surface area contributed by atoms with Crippen molar-refractivity contribution in [2.75, 3.05) is 0 Å². The van der Waals surface area contributed by atoms with E-state index in [-0.39, 0.29) is 5.69 Å². The van der Waals surface area contributed by atoms with Crippen LogP contribution < -0.4 is 0 Å². The van der Waals surface area contributed by atoms with Gasteiger partial charge in [-0.05, 0) is 18.2 Å². The van der Waals surface area contributed by atoms with Gasteiger partial charge in [0.25, 0.3) is 5.78 Å². The van der Waals surface area contributed by atoms with Crippen molar-refractivity contribution < 1.29 is 22.4 Å². The Hall–Kier alpha value is -2.25. The van der Waals surface area contributed by atoms with E-state index in [1.54, 1.807) is 0 Å². The molecule has 2 aromatic rings. The fraction of sp³-hybridized carbons (Fsp3) is 0.100. The number of aromatic nitrogens is 3. The van der Waals surface area contributed by atoms with Gasteiger partial charge in [-0.15, -0.1) is 5.10 Å². The van der Waals surface area contributed by atoms with E-state index in [4.69, 9.17) is 0 Å². The highest BCUT2D eigenvalue weighted by Gasteiger charge is 2.41. The molecule has 1 aromatic heterocycles. The molecule has 0 N–H and O–H groups in total. The van der Waals surface area contributed by atoms with Gasteiger partial charge in [-0.3, -0.25) is 4.79 Å². The van der Waals surface area contributed by atoms with Gasteiger partial charge >= 0.3 is 6.18 Å². The Balaban J connectivity index is 2.34. The molecule has 0 amide bonds. The summed E-state index contributed by atoms with van der Waals surface area (Å²) in [6.07, 6.45) is -4.21. The molecule has 94 valence electrons. The third kappa shape index (κ3) is 2.36. The molecule has 1 aromatic carbocycles. The SMILES string of the molecule is O=C(c1cn(-c2cccc(F)c2)nn1)C(F)(F)F. The highest BCUT2D eigenvalue weighted by atomic mass is 19.4. The van der Waals surface area contributed by atoms with Crippen LogP contribution in [0.15, 0.2) is 30.5 Å². The lowest BCUT2D eigenvalue weighted by atomic mass is 10.3. The van der Waals surface area contributed by atoms with Crippen molar-refractivity contribution in [2.24, 2.45) is 0 Å². The van der Waals surface area contributed by atoms with Gasteiger partial charge in [-0.2, -0.15) is 13.2 Å². The lowest BCUT2D eigenvalue weighted by molar-refractivity contribution is -0.0888. The van der Waals surface area contributed by atoms with Crippen LogP contribution in [0.1, 0.15) is 10.5 Å². The van der Waals surface area contributed by atoms with E-state index in [9.17, 15) is 22.4 Å². The van der Waals surface area contributed by atoms with Gasteiger partial charge in [0.2, 0.25) is 0 Å². The van der Waals surface area contributed by atoms with Crippen molar-refractivity contribution >= 4 is 5.78 Å². The van der Waals surface area contributed by atoms with Gasteiger partial charge < -0.3 is 0 Å². The normalized spacial score (nSPS) is 11.6. The van der Waals surface area contributed by atoms with Crippen LogP contribution in [0.4, 0.5) is 17.6 Å². The van der Waals surface area contributed by atoms with Crippen LogP contribution in [0.25, 0.3) is 5.69 Å². The monoisotopic (exact) mass is 259 g/mol. The number of hydrogen-bond acceptors (Lipinski definition) is 3. The first-order chi connectivity index (χ1) is 8.38. The molecule has 8 heteroatoms. The summed E-state index contributed by atoms with van der Waals surface area (Å²) in [4.78, 5) is 10.9. The largest absolute Gasteiger partial charge is 0.456 e. The zero-order valence-electron chi connectivity index (χ0n) is 8.65. The Kier molecular flexibility index (Phi) is 2.85. The standard InChI is InChI=1S/C10H5F4N3O/c11-6-2-1-3-7(4-6)17-5-8(15-16-17)9(18)10(12,13)14/h1-5H. The van der Waals surface area contributed by atoms with Gasteiger partial charge in [-0.25, -0.2) is 9.07 Å². The van der Waals surface area contributed by atoms with Crippen LogP contribution in [0.3, 0.4) is 0 Å². The number of carbonyl (C=O) groups excluding carboxylic acids is 1. The molecule has 18 heavy (non-hydrogen) atoms. The molecule has 0 saturated heterocycles. The second-order valence-corrected chi connectivity index (χ2v) is 3.36. The number of halogens is 4. The molecule has 0 atom stereocenters. The molecule has 0 aliphatic heterocycles. The quantitative estimate of drug-likeness (QED) is 0.613. The first-order valence-corrected chi connectivity index (χ1v) is 4.68. The maximum atomic E-state index is 12.9. The van der Waals surface area contributed by atoms with Gasteiger partial charge in [0, 0.05) is 0 Å². The van der Waals surface area contributed by atoms with E-state index in [1.807, 2.05) is 0 Å². The van der Waals surface area contributed by atoms with Gasteiger partial charge in [0.15, 0.2) is 5.69 Å². The summed E-state index contributed by atoms with van der Waals surface area (Å²) in [5.41, 5.74) is -0.671. The smallest absolute Gasteiger partial charge is 0.282 e. The molecule has 0 saturated carbocycles. The molecule has 2 rings (SSSR count). The van der Waals surface area contributed by atoms with Crippen molar-refractivity contribution in [2.45, 2.75) is 6.18 Å². The average Bonchev–Trinajstić information content (AvgIpc) is 2.75. The van der Waals surface area contributed by atoms with Crippen LogP contribution in [-0.2, 0) is 0 Å². The summed E-state index contributed by atoms with van der Waals surface area (Å²) in [7, 11) is 0. The van der Waals surface area contributed by atoms with Crippen molar-refractivity contribution in [1.29, 1.82) is 0 Å². The van der Waals surface area contributed by atoms with E-state index in [0.717, 1.165) is 16.9 Å². The Bertz CT molecular complexity index is 591. The van der Waals surface area contributed by atoms with Gasteiger partial charge in [0.1, 0.15) is 5.82 Å². The summed E-state index contributed by atoms with van der Waals surface area (Å²) >= 11 is 0. The van der Waals surface area contributed by atoms with Crippen LogP contribution in [0, 0.1) is 5.82 Å². The van der Waals surface area contributed by atoms with Crippen molar-refractivity contribution in [3.63, 3.8) is 0 Å². The number of benzene rings is 1. The predicted octanol–water partition coefficient (Wildman–Crippen LogP) is 2.15.